The van der Waals surface area contributed by atoms with Crippen molar-refractivity contribution < 1.29 is 19.5 Å². The van der Waals surface area contributed by atoms with E-state index in [0.717, 1.165) is 17.0 Å². The molecule has 0 nitrogen and oxygen atoms in total. The minimum absolute atomic E-state index is 0. The molecule has 1 aromatic carbocycles. The van der Waals surface area contributed by atoms with E-state index in [4.69, 9.17) is 0 Å². The molecule has 0 atom stereocenters. The molecule has 1 aliphatic carbocycles. The molecule has 0 fully saturated rings. The van der Waals surface area contributed by atoms with E-state index in [-0.39, 0.29) is 27.4 Å². The van der Waals surface area contributed by atoms with Crippen LogP contribution in [0.3, 0.4) is 0 Å². The van der Waals surface area contributed by atoms with E-state index in [9.17, 15) is 0 Å². The molecule has 0 spiro atoms. The fourth-order valence-corrected chi connectivity index (χ4v) is 6.69. The monoisotopic (exact) mass is 560 g/mol. The Kier molecular flexibility index (Phi) is 19.5. The zero-order valence-corrected chi connectivity index (χ0v) is 21.1. The Morgan fingerprint density at radius 1 is 0.800 bits per heavy atom. The van der Waals surface area contributed by atoms with Gasteiger partial charge in [0, 0.05) is 25.9 Å². The first-order chi connectivity index (χ1) is 11.4. The summed E-state index contributed by atoms with van der Waals surface area (Å²) in [7, 11) is 0.262. The summed E-state index contributed by atoms with van der Waals surface area (Å²) in [6.07, 6.45) is 12.0. The van der Waals surface area contributed by atoms with Gasteiger partial charge in [0.05, 0.1) is 0 Å². The summed E-state index contributed by atoms with van der Waals surface area (Å²) in [5.41, 5.74) is 3.91. The maximum absolute atomic E-state index is 2.97. The van der Waals surface area contributed by atoms with Crippen LogP contribution in [0.1, 0.15) is 47.1 Å². The van der Waals surface area contributed by atoms with Crippen LogP contribution in [-0.2, 0) is 19.5 Å². The van der Waals surface area contributed by atoms with Crippen molar-refractivity contribution in [2.45, 2.75) is 58.5 Å². The second kappa shape index (κ2) is 17.7. The van der Waals surface area contributed by atoms with Gasteiger partial charge in [-0.15, -0.1) is 0 Å². The molecule has 0 heterocycles. The van der Waals surface area contributed by atoms with Crippen LogP contribution in [0.15, 0.2) is 54.6 Å². The Bertz CT molecular complexity index is 461. The zero-order chi connectivity index (χ0) is 18.4. The first-order valence-electron chi connectivity index (χ1n) is 8.60. The molecule has 141 valence electrons. The van der Waals surface area contributed by atoms with Gasteiger partial charge in [-0.2, -0.15) is 0 Å². The standard InChI is InChI=1S/C9H21P.C8H6Te.C5H5.Rh/c1-7(2)10(8(3)4)9(5)6;9-7-6-8-4-2-1-3-5-8;1-2-4-5-3-1;/h7-9H,1-6H3;1-6H;1-5H;/q;-1;;. The van der Waals surface area contributed by atoms with Gasteiger partial charge >= 0.3 is 68.4 Å². The minimum atomic E-state index is 0. The zero-order valence-electron chi connectivity index (χ0n) is 16.3. The van der Waals surface area contributed by atoms with Gasteiger partial charge in [-0.1, -0.05) is 73.8 Å². The number of benzene rings is 1. The van der Waals surface area contributed by atoms with Gasteiger partial charge in [0.2, 0.25) is 0 Å². The van der Waals surface area contributed by atoms with E-state index >= 15 is 0 Å². The number of hydrogen-bond donors (Lipinski definition) is 0. The first kappa shape index (κ1) is 27.5. The van der Waals surface area contributed by atoms with Crippen molar-refractivity contribution in [1.82, 2.24) is 0 Å². The van der Waals surface area contributed by atoms with Gasteiger partial charge in [0.15, 0.2) is 0 Å². The molecule has 0 bridgehead atoms. The Morgan fingerprint density at radius 2 is 1.24 bits per heavy atom. The summed E-state index contributed by atoms with van der Waals surface area (Å²) in [5.74, 6) is 0. The third kappa shape index (κ3) is 15.1. The fourth-order valence-electron chi connectivity index (χ4n) is 2.73. The molecule has 1 aliphatic rings. The molecular formula is C22H32PRhTe-. The Hall–Kier alpha value is 0.283. The van der Waals surface area contributed by atoms with E-state index in [1.807, 2.05) is 77.3 Å². The molecule has 0 N–H and O–H groups in total. The first-order valence-corrected chi connectivity index (χ1v) is 11.3. The van der Waals surface area contributed by atoms with Crippen LogP contribution >= 0.6 is 7.92 Å². The van der Waals surface area contributed by atoms with Crippen LogP contribution in [0.5, 0.6) is 0 Å². The Morgan fingerprint density at radius 3 is 1.48 bits per heavy atom. The van der Waals surface area contributed by atoms with Crippen molar-refractivity contribution in [3.63, 3.8) is 0 Å². The van der Waals surface area contributed by atoms with Gasteiger partial charge in [0.1, 0.15) is 0 Å². The quantitative estimate of drug-likeness (QED) is 0.221. The molecule has 25 heavy (non-hydrogen) atoms. The van der Waals surface area contributed by atoms with Gasteiger partial charge in [-0.25, -0.2) is 0 Å². The summed E-state index contributed by atoms with van der Waals surface area (Å²) in [6.45, 7) is 14.1. The molecule has 0 aliphatic heterocycles. The number of hydrogen-bond acceptors (Lipinski definition) is 0. The van der Waals surface area contributed by atoms with Gasteiger partial charge in [-0.05, 0) is 17.0 Å². The number of allylic oxidation sites excluding steroid dienone is 4. The molecule has 3 radical (unpaired) electrons. The van der Waals surface area contributed by atoms with Crippen molar-refractivity contribution in [3.05, 3.63) is 70.7 Å². The molecule has 2 rings (SSSR count). The Balaban J connectivity index is 0. The van der Waals surface area contributed by atoms with E-state index < -0.39 is 0 Å². The van der Waals surface area contributed by atoms with E-state index in [1.54, 1.807) is 0 Å². The third-order valence-electron chi connectivity index (χ3n) is 3.37. The van der Waals surface area contributed by atoms with Gasteiger partial charge in [-0.3, -0.25) is 0 Å². The predicted octanol–water partition coefficient (Wildman–Crippen LogP) is 6.64. The second-order valence-electron chi connectivity index (χ2n) is 6.36. The summed E-state index contributed by atoms with van der Waals surface area (Å²) in [6, 6.07) is 10.2. The van der Waals surface area contributed by atoms with E-state index in [1.165, 1.54) is 5.56 Å². The van der Waals surface area contributed by atoms with E-state index in [2.05, 4.69) is 57.8 Å². The topological polar surface area (TPSA) is 0 Å². The second-order valence-corrected chi connectivity index (χ2v) is 11.0. The molecule has 0 saturated heterocycles. The molecule has 3 heteroatoms. The van der Waals surface area contributed by atoms with Crippen molar-refractivity contribution in [2.24, 2.45) is 0 Å². The summed E-state index contributed by atoms with van der Waals surface area (Å²) >= 11 is 1.83. The van der Waals surface area contributed by atoms with E-state index in [0.29, 0.717) is 0 Å². The summed E-state index contributed by atoms with van der Waals surface area (Å²) in [5, 5.41) is 0. The summed E-state index contributed by atoms with van der Waals surface area (Å²) < 4.78 is 2.97. The average molecular weight is 558 g/mol. The van der Waals surface area contributed by atoms with Crippen molar-refractivity contribution in [1.29, 1.82) is 0 Å². The van der Waals surface area contributed by atoms with Crippen LogP contribution in [0.4, 0.5) is 0 Å². The molecular weight excluding hydrogens is 526 g/mol. The maximum atomic E-state index is 2.97. The molecule has 0 unspecified atom stereocenters. The molecule has 0 saturated carbocycles. The molecule has 0 aromatic heterocycles. The fraction of sp³-hybridized carbons (Fsp3) is 0.409. The molecule has 0 amide bonds. The van der Waals surface area contributed by atoms with Crippen molar-refractivity contribution in [2.75, 3.05) is 0 Å². The number of rotatable bonds is 4. The van der Waals surface area contributed by atoms with Crippen molar-refractivity contribution >= 4 is 36.3 Å². The SMILES string of the molecule is CC(C)P(C(C)C)C(C)C.[CH]1C=CC=C1.[Rh].[Te][C-]=Cc1ccccc1. The van der Waals surface area contributed by atoms with Crippen LogP contribution in [0, 0.1) is 10.5 Å². The summed E-state index contributed by atoms with van der Waals surface area (Å²) in [4.78, 5) is 0. The van der Waals surface area contributed by atoms with Crippen LogP contribution in [-0.4, -0.2) is 39.3 Å². The normalized spacial score (nSPS) is 12.2. The van der Waals surface area contributed by atoms with Crippen LogP contribution in [0.2, 0.25) is 0 Å². The van der Waals surface area contributed by atoms with Gasteiger partial charge in [0.25, 0.3) is 0 Å². The van der Waals surface area contributed by atoms with Gasteiger partial charge < -0.3 is 0 Å². The Labute approximate surface area is 184 Å². The molecule has 1 aromatic rings. The van der Waals surface area contributed by atoms with Crippen LogP contribution in [0.25, 0.3) is 6.08 Å². The van der Waals surface area contributed by atoms with Crippen molar-refractivity contribution in [3.8, 4) is 0 Å². The predicted molar refractivity (Wildman–Crippen MR) is 115 cm³/mol. The van der Waals surface area contributed by atoms with Crippen LogP contribution < -0.4 is 0 Å². The average Bonchev–Trinajstić information content (AvgIpc) is 3.07. The third-order valence-corrected chi connectivity index (χ3v) is 7.28.